The summed E-state index contributed by atoms with van der Waals surface area (Å²) in [6.07, 6.45) is 3.44. The number of halogens is 3. The first-order chi connectivity index (χ1) is 11.7. The fourth-order valence-corrected chi connectivity index (χ4v) is 3.04. The Balaban J connectivity index is 1.90. The normalized spacial score (nSPS) is 19.4. The number of alkyl halides is 3. The van der Waals surface area contributed by atoms with Crippen molar-refractivity contribution in [2.45, 2.75) is 32.5 Å². The highest BCUT2D eigenvalue weighted by Crippen LogP contribution is 2.41. The Hall–Kier alpha value is -2.75. The lowest BCUT2D eigenvalue weighted by atomic mass is 9.86. The number of imidazole rings is 1. The van der Waals surface area contributed by atoms with Gasteiger partial charge in [0.1, 0.15) is 0 Å². The summed E-state index contributed by atoms with van der Waals surface area (Å²) in [5.41, 5.74) is -0.0865. The Kier molecular flexibility index (Phi) is 4.07. The van der Waals surface area contributed by atoms with Gasteiger partial charge in [-0.1, -0.05) is 13.8 Å². The minimum atomic E-state index is -4.56. The van der Waals surface area contributed by atoms with E-state index in [1.54, 1.807) is 18.6 Å². The monoisotopic (exact) mass is 346 g/mol. The van der Waals surface area contributed by atoms with Gasteiger partial charge in [0.05, 0.1) is 29.6 Å². The second-order valence-corrected chi connectivity index (χ2v) is 6.79. The van der Waals surface area contributed by atoms with Gasteiger partial charge in [0.15, 0.2) is 0 Å². The van der Waals surface area contributed by atoms with Gasteiger partial charge in [-0.05, 0) is 36.1 Å². The molecule has 7 heteroatoms. The molecule has 1 N–H and O–H groups in total. The molecule has 0 bridgehead atoms. The molecule has 130 valence electrons. The summed E-state index contributed by atoms with van der Waals surface area (Å²) in [5, 5.41) is 12.1. The number of hydrogen-bond acceptors (Lipinski definition) is 3. The van der Waals surface area contributed by atoms with E-state index in [4.69, 9.17) is 5.26 Å². The Morgan fingerprint density at radius 1 is 1.36 bits per heavy atom. The minimum Gasteiger partial charge on any atom is -0.378 e. The molecule has 0 fully saturated rings. The first-order valence-corrected chi connectivity index (χ1v) is 7.77. The average Bonchev–Trinajstić information content (AvgIpc) is 3.15. The number of allylic oxidation sites excluding steroid dienone is 1. The highest BCUT2D eigenvalue weighted by molar-refractivity contribution is 5.59. The molecular formula is C18H17F3N4. The van der Waals surface area contributed by atoms with Crippen molar-refractivity contribution >= 4 is 11.4 Å². The first-order valence-electron chi connectivity index (χ1n) is 7.77. The second kappa shape index (κ2) is 5.96. The molecule has 1 aliphatic rings. The number of rotatable bonds is 3. The summed E-state index contributed by atoms with van der Waals surface area (Å²) < 4.78 is 41.3. The Labute approximate surface area is 143 Å². The second-order valence-electron chi connectivity index (χ2n) is 6.79. The van der Waals surface area contributed by atoms with E-state index in [9.17, 15) is 13.2 Å². The predicted octanol–water partition coefficient (Wildman–Crippen LogP) is 4.53. The maximum absolute atomic E-state index is 13.1. The standard InChI is InChI=1S/C18H17F3N4/c1-17(2)9-14(25-6-5-23-11-25)8-16(17)24-13-4-3-12(10-22)15(7-13)18(19,20)21/h3-8,11,16,24H,9H2,1-2H3. The van der Waals surface area contributed by atoms with Crippen molar-refractivity contribution in [1.29, 1.82) is 5.26 Å². The summed E-state index contributed by atoms with van der Waals surface area (Å²) >= 11 is 0. The summed E-state index contributed by atoms with van der Waals surface area (Å²) in [7, 11) is 0. The molecule has 1 aromatic heterocycles. The Morgan fingerprint density at radius 3 is 2.72 bits per heavy atom. The van der Waals surface area contributed by atoms with E-state index in [1.165, 1.54) is 12.1 Å². The Morgan fingerprint density at radius 2 is 2.12 bits per heavy atom. The van der Waals surface area contributed by atoms with E-state index in [0.29, 0.717) is 5.69 Å². The molecule has 1 unspecified atom stereocenters. The van der Waals surface area contributed by atoms with Gasteiger partial charge in [0.25, 0.3) is 0 Å². The number of hydrogen-bond donors (Lipinski definition) is 1. The quantitative estimate of drug-likeness (QED) is 0.889. The van der Waals surface area contributed by atoms with E-state index in [1.807, 2.05) is 16.8 Å². The first kappa shape index (κ1) is 17.1. The number of aromatic nitrogens is 2. The third-order valence-corrected chi connectivity index (χ3v) is 4.44. The van der Waals surface area contributed by atoms with E-state index >= 15 is 0 Å². The summed E-state index contributed by atoms with van der Waals surface area (Å²) in [4.78, 5) is 4.03. The highest BCUT2D eigenvalue weighted by Gasteiger charge is 2.37. The van der Waals surface area contributed by atoms with Gasteiger partial charge in [-0.2, -0.15) is 18.4 Å². The van der Waals surface area contributed by atoms with E-state index < -0.39 is 11.7 Å². The fourth-order valence-electron chi connectivity index (χ4n) is 3.04. The van der Waals surface area contributed by atoms with Crippen LogP contribution in [0.25, 0.3) is 5.70 Å². The van der Waals surface area contributed by atoms with Crippen LogP contribution in [0, 0.1) is 16.7 Å². The van der Waals surface area contributed by atoms with Crippen LogP contribution >= 0.6 is 0 Å². The third-order valence-electron chi connectivity index (χ3n) is 4.44. The molecule has 2 aromatic rings. The highest BCUT2D eigenvalue weighted by atomic mass is 19.4. The summed E-state index contributed by atoms with van der Waals surface area (Å²) in [6, 6.07) is 5.16. The largest absolute Gasteiger partial charge is 0.417 e. The lowest BCUT2D eigenvalue weighted by Crippen LogP contribution is -2.31. The van der Waals surface area contributed by atoms with Gasteiger partial charge < -0.3 is 9.88 Å². The van der Waals surface area contributed by atoms with Crippen molar-refractivity contribution < 1.29 is 13.2 Å². The lowest BCUT2D eigenvalue weighted by molar-refractivity contribution is -0.137. The molecule has 1 aromatic carbocycles. The lowest BCUT2D eigenvalue weighted by Gasteiger charge is -2.28. The third kappa shape index (κ3) is 3.38. The fraction of sp³-hybridized carbons (Fsp3) is 0.333. The molecule has 4 nitrogen and oxygen atoms in total. The van der Waals surface area contributed by atoms with Crippen molar-refractivity contribution in [3.63, 3.8) is 0 Å². The van der Waals surface area contributed by atoms with Gasteiger partial charge in [-0.3, -0.25) is 0 Å². The van der Waals surface area contributed by atoms with Crippen LogP contribution in [-0.4, -0.2) is 15.6 Å². The van der Waals surface area contributed by atoms with Crippen molar-refractivity contribution in [3.8, 4) is 6.07 Å². The van der Waals surface area contributed by atoms with Gasteiger partial charge in [0.2, 0.25) is 0 Å². The zero-order valence-electron chi connectivity index (χ0n) is 13.8. The molecule has 0 amide bonds. The van der Waals surface area contributed by atoms with Crippen LogP contribution in [-0.2, 0) is 6.18 Å². The molecule has 1 heterocycles. The molecule has 1 atom stereocenters. The number of benzene rings is 1. The molecule has 0 aliphatic heterocycles. The van der Waals surface area contributed by atoms with Crippen LogP contribution in [0.15, 0.2) is 43.0 Å². The molecular weight excluding hydrogens is 329 g/mol. The van der Waals surface area contributed by atoms with Crippen molar-refractivity contribution in [3.05, 3.63) is 54.1 Å². The molecule has 0 radical (unpaired) electrons. The maximum Gasteiger partial charge on any atom is 0.417 e. The van der Waals surface area contributed by atoms with E-state index in [2.05, 4.69) is 24.1 Å². The molecule has 3 rings (SSSR count). The zero-order valence-corrected chi connectivity index (χ0v) is 13.8. The summed E-state index contributed by atoms with van der Waals surface area (Å²) in [5.74, 6) is 0. The SMILES string of the molecule is CC1(C)CC(n2ccnc2)=CC1Nc1ccc(C#N)c(C(F)(F)F)c1. The minimum absolute atomic E-state index is 0.140. The van der Waals surface area contributed by atoms with Gasteiger partial charge in [0, 0.05) is 23.8 Å². The number of nitrogens with one attached hydrogen (secondary N) is 1. The van der Waals surface area contributed by atoms with E-state index in [-0.39, 0.29) is 17.0 Å². The summed E-state index contributed by atoms with van der Waals surface area (Å²) in [6.45, 7) is 4.11. The maximum atomic E-state index is 13.1. The molecule has 1 aliphatic carbocycles. The predicted molar refractivity (Wildman–Crippen MR) is 88.5 cm³/mol. The van der Waals surface area contributed by atoms with E-state index in [0.717, 1.165) is 18.2 Å². The van der Waals surface area contributed by atoms with Crippen LogP contribution in [0.1, 0.15) is 31.4 Å². The topological polar surface area (TPSA) is 53.6 Å². The number of anilines is 1. The van der Waals surface area contributed by atoms with Crippen molar-refractivity contribution in [2.24, 2.45) is 5.41 Å². The number of nitrogens with zero attached hydrogens (tertiary/aromatic N) is 3. The smallest absolute Gasteiger partial charge is 0.378 e. The number of nitriles is 1. The van der Waals surface area contributed by atoms with Crippen LogP contribution in [0.4, 0.5) is 18.9 Å². The van der Waals surface area contributed by atoms with Crippen LogP contribution < -0.4 is 5.32 Å². The van der Waals surface area contributed by atoms with Crippen LogP contribution in [0.2, 0.25) is 0 Å². The van der Waals surface area contributed by atoms with Crippen molar-refractivity contribution in [2.75, 3.05) is 5.32 Å². The van der Waals surface area contributed by atoms with Crippen LogP contribution in [0.5, 0.6) is 0 Å². The van der Waals surface area contributed by atoms with Gasteiger partial charge >= 0.3 is 6.18 Å². The zero-order chi connectivity index (χ0) is 18.2. The molecule has 25 heavy (non-hydrogen) atoms. The molecule has 0 saturated carbocycles. The van der Waals surface area contributed by atoms with Crippen molar-refractivity contribution in [1.82, 2.24) is 9.55 Å². The average molecular weight is 346 g/mol. The van der Waals surface area contributed by atoms with Gasteiger partial charge in [-0.15, -0.1) is 0 Å². The molecule has 0 saturated heterocycles. The van der Waals surface area contributed by atoms with Gasteiger partial charge in [-0.25, -0.2) is 4.98 Å². The molecule has 0 spiro atoms. The van der Waals surface area contributed by atoms with Crippen LogP contribution in [0.3, 0.4) is 0 Å². The Bertz CT molecular complexity index is 842.